The highest BCUT2D eigenvalue weighted by Gasteiger charge is 2.08. The fraction of sp³-hybridized carbons (Fsp3) is 0.250. The molecule has 0 fully saturated rings. The van der Waals surface area contributed by atoms with Crippen LogP contribution in [-0.2, 0) is 6.42 Å². The summed E-state index contributed by atoms with van der Waals surface area (Å²) in [5, 5.41) is 8.62. The molecule has 0 bridgehead atoms. The Bertz CT molecular complexity index is 270. The highest BCUT2D eigenvalue weighted by molar-refractivity contribution is 5.07. The van der Waals surface area contributed by atoms with E-state index in [1.54, 1.807) is 0 Å². The number of aromatic nitrogens is 1. The molecule has 0 saturated carbocycles. The average Bonchev–Trinajstić information content (AvgIpc) is 2.79. The molecule has 1 aliphatic heterocycles. The summed E-state index contributed by atoms with van der Waals surface area (Å²) in [6.45, 7) is 0. The van der Waals surface area contributed by atoms with Gasteiger partial charge in [0, 0.05) is 30.7 Å². The van der Waals surface area contributed by atoms with Crippen molar-refractivity contribution in [2.75, 3.05) is 0 Å². The van der Waals surface area contributed by atoms with Crippen LogP contribution in [0.2, 0.25) is 0 Å². The minimum absolute atomic E-state index is 0.355. The van der Waals surface area contributed by atoms with Crippen molar-refractivity contribution in [2.45, 2.75) is 12.6 Å². The van der Waals surface area contributed by atoms with Gasteiger partial charge >= 0.3 is 0 Å². The van der Waals surface area contributed by atoms with Gasteiger partial charge in [-0.25, -0.2) is 0 Å². The first-order chi connectivity index (χ1) is 6.86. The van der Waals surface area contributed by atoms with Gasteiger partial charge in [-0.05, 0) is 12.1 Å². The minimum atomic E-state index is 0.355. The van der Waals surface area contributed by atoms with E-state index in [1.165, 1.54) is 5.69 Å². The Morgan fingerprint density at radius 1 is 1.43 bits per heavy atom. The minimum Gasteiger partial charge on any atom is -0.370 e. The maximum atomic E-state index is 5.61. The van der Waals surface area contributed by atoms with Crippen LogP contribution in [0.1, 0.15) is 5.69 Å². The van der Waals surface area contributed by atoms with E-state index in [1.807, 2.05) is 24.7 Å². The van der Waals surface area contributed by atoms with Gasteiger partial charge in [0.25, 0.3) is 0 Å². The average molecular weight is 194 g/mol. The largest absolute Gasteiger partial charge is 0.370 e. The van der Waals surface area contributed by atoms with Gasteiger partial charge in [0.1, 0.15) is 6.17 Å². The molecule has 0 atom stereocenters. The number of nitrogens with one attached hydrogen (secondary N) is 4. The van der Waals surface area contributed by atoms with Gasteiger partial charge in [-0.1, -0.05) is 5.22 Å². The van der Waals surface area contributed by atoms with Gasteiger partial charge in [0.2, 0.25) is 0 Å². The molecular weight excluding hydrogens is 180 g/mol. The van der Waals surface area contributed by atoms with Crippen LogP contribution in [0.5, 0.6) is 0 Å². The zero-order valence-corrected chi connectivity index (χ0v) is 7.70. The van der Waals surface area contributed by atoms with Crippen molar-refractivity contribution in [2.24, 2.45) is 11.1 Å². The van der Waals surface area contributed by atoms with Crippen LogP contribution in [0.3, 0.4) is 0 Å². The van der Waals surface area contributed by atoms with E-state index in [-0.39, 0.29) is 0 Å². The Balaban J connectivity index is 0.000000293. The summed E-state index contributed by atoms with van der Waals surface area (Å²) in [7, 11) is 0. The van der Waals surface area contributed by atoms with Crippen LogP contribution in [-0.4, -0.2) is 11.1 Å². The SMILES string of the molecule is C1=CNC(Cc2ccc[nH]2)N1.N=NN. The Morgan fingerprint density at radius 2 is 2.07 bits per heavy atom. The monoisotopic (exact) mass is 194 g/mol. The van der Waals surface area contributed by atoms with Crippen LogP contribution in [0.15, 0.2) is 36.0 Å². The highest BCUT2D eigenvalue weighted by Crippen LogP contribution is 2.00. The summed E-state index contributed by atoms with van der Waals surface area (Å²) in [4.78, 5) is 3.16. The van der Waals surface area contributed by atoms with E-state index in [0.29, 0.717) is 6.17 Å². The third kappa shape index (κ3) is 3.18. The summed E-state index contributed by atoms with van der Waals surface area (Å²) >= 11 is 0. The van der Waals surface area contributed by atoms with Crippen LogP contribution in [0.4, 0.5) is 0 Å². The number of aromatic amines is 1. The standard InChI is InChI=1S/C8H11N3.H3N3/c1-2-7(9-3-1)6-8-10-4-5-11-8;1-3-2/h1-5,8-11H,6H2;(H3,1,2). The molecule has 2 heterocycles. The number of rotatable bonds is 2. The van der Waals surface area contributed by atoms with Crippen molar-refractivity contribution >= 4 is 0 Å². The molecule has 0 amide bonds. The number of H-pyrrole nitrogens is 1. The molecule has 0 unspecified atom stereocenters. The van der Waals surface area contributed by atoms with E-state index in [0.717, 1.165) is 6.42 Å². The second-order valence-corrected chi connectivity index (χ2v) is 2.75. The Kier molecular flexibility index (Phi) is 4.06. The second kappa shape index (κ2) is 5.63. The molecular formula is C8H14N6. The van der Waals surface area contributed by atoms with Crippen molar-refractivity contribution in [1.29, 1.82) is 5.53 Å². The lowest BCUT2D eigenvalue weighted by Gasteiger charge is -2.09. The van der Waals surface area contributed by atoms with E-state index in [2.05, 4.69) is 32.7 Å². The lowest BCUT2D eigenvalue weighted by atomic mass is 10.2. The van der Waals surface area contributed by atoms with Crippen molar-refractivity contribution < 1.29 is 0 Å². The molecule has 0 aromatic carbocycles. The first-order valence-corrected chi connectivity index (χ1v) is 4.23. The number of nitrogens with zero attached hydrogens (tertiary/aromatic N) is 1. The van der Waals surface area contributed by atoms with E-state index < -0.39 is 0 Å². The smallest absolute Gasteiger partial charge is 0.101 e. The number of hydrogen-bond acceptors (Lipinski definition) is 4. The summed E-state index contributed by atoms with van der Waals surface area (Å²) in [5.74, 6) is 4.14. The maximum Gasteiger partial charge on any atom is 0.101 e. The zero-order chi connectivity index (χ0) is 10.2. The lowest BCUT2D eigenvalue weighted by Crippen LogP contribution is -2.32. The third-order valence-corrected chi connectivity index (χ3v) is 1.76. The zero-order valence-electron chi connectivity index (χ0n) is 7.70. The maximum absolute atomic E-state index is 5.61. The van der Waals surface area contributed by atoms with Gasteiger partial charge in [0.15, 0.2) is 0 Å². The fourth-order valence-electron chi connectivity index (χ4n) is 1.21. The van der Waals surface area contributed by atoms with Crippen molar-refractivity contribution in [3.05, 3.63) is 36.4 Å². The molecule has 1 aromatic heterocycles. The van der Waals surface area contributed by atoms with Crippen LogP contribution in [0, 0.1) is 5.53 Å². The topological polar surface area (TPSA) is 102 Å². The molecule has 0 saturated heterocycles. The van der Waals surface area contributed by atoms with Gasteiger partial charge in [-0.15, -0.1) is 0 Å². The molecule has 14 heavy (non-hydrogen) atoms. The summed E-state index contributed by atoms with van der Waals surface area (Å²) in [5.41, 5.74) is 6.86. The van der Waals surface area contributed by atoms with Crippen molar-refractivity contribution in [1.82, 2.24) is 15.6 Å². The predicted octanol–water partition coefficient (Wildman–Crippen LogP) is 0.438. The van der Waals surface area contributed by atoms with Gasteiger partial charge in [0.05, 0.1) is 0 Å². The molecule has 1 aromatic rings. The highest BCUT2D eigenvalue weighted by atomic mass is 15.2. The first-order valence-electron chi connectivity index (χ1n) is 4.23. The molecule has 0 aliphatic carbocycles. The molecule has 2 rings (SSSR count). The summed E-state index contributed by atoms with van der Waals surface area (Å²) < 4.78 is 0. The number of nitrogens with two attached hydrogens (primary N) is 1. The summed E-state index contributed by atoms with van der Waals surface area (Å²) in [6.07, 6.45) is 7.13. The summed E-state index contributed by atoms with van der Waals surface area (Å²) in [6, 6.07) is 4.10. The van der Waals surface area contributed by atoms with Gasteiger partial charge < -0.3 is 21.5 Å². The molecule has 0 spiro atoms. The molecule has 6 nitrogen and oxygen atoms in total. The molecule has 0 radical (unpaired) electrons. The molecule has 6 heteroatoms. The second-order valence-electron chi connectivity index (χ2n) is 2.75. The molecule has 76 valence electrons. The van der Waals surface area contributed by atoms with Crippen molar-refractivity contribution in [3.63, 3.8) is 0 Å². The van der Waals surface area contributed by atoms with E-state index in [9.17, 15) is 0 Å². The first kappa shape index (κ1) is 10.1. The number of hydrogen-bond donors (Lipinski definition) is 5. The van der Waals surface area contributed by atoms with Gasteiger partial charge in [-0.3, -0.25) is 0 Å². The lowest BCUT2D eigenvalue weighted by molar-refractivity contribution is 0.562. The quantitative estimate of drug-likeness (QED) is 0.268. The fourth-order valence-corrected chi connectivity index (χ4v) is 1.21. The predicted molar refractivity (Wildman–Crippen MR) is 53.0 cm³/mol. The van der Waals surface area contributed by atoms with Crippen LogP contribution < -0.4 is 16.5 Å². The Labute approximate surface area is 82.1 Å². The van der Waals surface area contributed by atoms with Crippen LogP contribution >= 0.6 is 0 Å². The normalized spacial score (nSPS) is 13.7. The van der Waals surface area contributed by atoms with Crippen LogP contribution in [0.25, 0.3) is 0 Å². The molecule has 1 aliphatic rings. The third-order valence-electron chi connectivity index (χ3n) is 1.76. The van der Waals surface area contributed by atoms with E-state index in [4.69, 9.17) is 5.53 Å². The van der Waals surface area contributed by atoms with Gasteiger partial charge in [-0.2, -0.15) is 5.53 Å². The Hall–Kier alpha value is -1.98. The van der Waals surface area contributed by atoms with E-state index >= 15 is 0 Å². The molecule has 6 N–H and O–H groups in total. The van der Waals surface area contributed by atoms with Crippen molar-refractivity contribution in [3.8, 4) is 0 Å². The Morgan fingerprint density at radius 3 is 2.57 bits per heavy atom.